The van der Waals surface area contributed by atoms with Gasteiger partial charge < -0.3 is 14.6 Å². The van der Waals surface area contributed by atoms with E-state index in [1.807, 2.05) is 0 Å². The predicted molar refractivity (Wildman–Crippen MR) is 114 cm³/mol. The first-order valence-corrected chi connectivity index (χ1v) is 11.0. The van der Waals surface area contributed by atoms with Crippen LogP contribution in [0, 0.1) is 13.8 Å². The fraction of sp³-hybridized carbons (Fsp3) is 0.600. The Morgan fingerprint density at radius 3 is 2.66 bits per heavy atom. The second kappa shape index (κ2) is 8.73. The molecule has 1 saturated heterocycles. The fourth-order valence-corrected chi connectivity index (χ4v) is 4.39. The highest BCUT2D eigenvalue weighted by Gasteiger charge is 2.18. The molecular formula is C20H28N6O2S. The Balaban J connectivity index is 1.52. The van der Waals surface area contributed by atoms with Crippen LogP contribution >= 0.6 is 11.3 Å². The van der Waals surface area contributed by atoms with Crippen LogP contribution in [-0.4, -0.2) is 57.9 Å². The van der Waals surface area contributed by atoms with Gasteiger partial charge in [0.25, 0.3) is 0 Å². The molecule has 0 spiro atoms. The number of fused-ring (bicyclic) bond motifs is 1. The largest absolute Gasteiger partial charge is 0.379 e. The number of hydrogen-bond donors (Lipinski definition) is 1. The zero-order valence-electron chi connectivity index (χ0n) is 17.5. The van der Waals surface area contributed by atoms with Gasteiger partial charge in [-0.05, 0) is 19.4 Å². The molecule has 0 aliphatic carbocycles. The summed E-state index contributed by atoms with van der Waals surface area (Å²) in [7, 11) is 0. The lowest BCUT2D eigenvalue weighted by atomic mass is 10.2. The summed E-state index contributed by atoms with van der Waals surface area (Å²) in [6.07, 6.45) is 0.659. The number of thiophene rings is 1. The highest BCUT2D eigenvalue weighted by atomic mass is 32.1. The van der Waals surface area contributed by atoms with Crippen LogP contribution in [0.1, 0.15) is 47.7 Å². The van der Waals surface area contributed by atoms with Gasteiger partial charge in [0.2, 0.25) is 5.89 Å². The third-order valence-corrected chi connectivity index (χ3v) is 6.28. The van der Waals surface area contributed by atoms with Crippen molar-refractivity contribution in [3.05, 3.63) is 28.0 Å². The molecule has 0 amide bonds. The SMILES string of the molecule is Cc1sc2nc(CN3CCOCC3)nc(NCCc3nc(C(C)C)no3)c2c1C. The van der Waals surface area contributed by atoms with Crippen LogP contribution < -0.4 is 5.32 Å². The van der Waals surface area contributed by atoms with E-state index in [0.717, 1.165) is 60.5 Å². The average Bonchev–Trinajstić information content (AvgIpc) is 3.28. The van der Waals surface area contributed by atoms with Crippen molar-refractivity contribution >= 4 is 27.4 Å². The molecule has 0 aromatic carbocycles. The number of aryl methyl sites for hydroxylation is 2. The van der Waals surface area contributed by atoms with Crippen molar-refractivity contribution in [3.8, 4) is 0 Å². The maximum atomic E-state index is 5.45. The first kappa shape index (κ1) is 20.2. The second-order valence-corrected chi connectivity index (χ2v) is 8.92. The number of hydrogen-bond acceptors (Lipinski definition) is 9. The third kappa shape index (κ3) is 4.57. The van der Waals surface area contributed by atoms with Crippen molar-refractivity contribution in [2.45, 2.75) is 46.6 Å². The highest BCUT2D eigenvalue weighted by molar-refractivity contribution is 7.18. The lowest BCUT2D eigenvalue weighted by Crippen LogP contribution is -2.36. The Kier molecular flexibility index (Phi) is 6.07. The van der Waals surface area contributed by atoms with E-state index in [1.165, 1.54) is 10.4 Å². The Labute approximate surface area is 174 Å². The molecule has 1 fully saturated rings. The summed E-state index contributed by atoms with van der Waals surface area (Å²) in [6, 6.07) is 0. The van der Waals surface area contributed by atoms with Gasteiger partial charge in [-0.25, -0.2) is 9.97 Å². The molecule has 4 rings (SSSR count). The molecule has 0 bridgehead atoms. The van der Waals surface area contributed by atoms with Crippen LogP contribution in [0.25, 0.3) is 10.2 Å². The number of anilines is 1. The number of nitrogens with one attached hydrogen (secondary N) is 1. The van der Waals surface area contributed by atoms with E-state index in [1.54, 1.807) is 11.3 Å². The molecule has 3 aromatic rings. The summed E-state index contributed by atoms with van der Waals surface area (Å²) in [6.45, 7) is 13.2. The van der Waals surface area contributed by atoms with Crippen LogP contribution in [-0.2, 0) is 17.7 Å². The van der Waals surface area contributed by atoms with Crippen LogP contribution in [0.4, 0.5) is 5.82 Å². The lowest BCUT2D eigenvalue weighted by Gasteiger charge is -2.25. The van der Waals surface area contributed by atoms with Crippen LogP contribution in [0.15, 0.2) is 4.52 Å². The molecule has 0 saturated carbocycles. The van der Waals surface area contributed by atoms with Crippen molar-refractivity contribution < 1.29 is 9.26 Å². The third-order valence-electron chi connectivity index (χ3n) is 5.18. The molecule has 1 N–H and O–H groups in total. The minimum Gasteiger partial charge on any atom is -0.379 e. The number of morpholine rings is 1. The van der Waals surface area contributed by atoms with E-state index < -0.39 is 0 Å². The van der Waals surface area contributed by atoms with E-state index in [0.29, 0.717) is 18.9 Å². The zero-order chi connectivity index (χ0) is 20.4. The highest BCUT2D eigenvalue weighted by Crippen LogP contribution is 2.33. The van der Waals surface area contributed by atoms with Crippen LogP contribution in [0.2, 0.25) is 0 Å². The summed E-state index contributed by atoms with van der Waals surface area (Å²) in [5.41, 5.74) is 1.24. The maximum absolute atomic E-state index is 5.45. The van der Waals surface area contributed by atoms with Crippen molar-refractivity contribution in [1.82, 2.24) is 25.0 Å². The van der Waals surface area contributed by atoms with Crippen molar-refractivity contribution in [3.63, 3.8) is 0 Å². The molecular weight excluding hydrogens is 388 g/mol. The van der Waals surface area contributed by atoms with Gasteiger partial charge in [-0.2, -0.15) is 4.98 Å². The van der Waals surface area contributed by atoms with E-state index in [-0.39, 0.29) is 5.92 Å². The summed E-state index contributed by atoms with van der Waals surface area (Å²) < 4.78 is 10.8. The summed E-state index contributed by atoms with van der Waals surface area (Å²) >= 11 is 1.73. The lowest BCUT2D eigenvalue weighted by molar-refractivity contribution is 0.0331. The number of nitrogens with zero attached hydrogens (tertiary/aromatic N) is 5. The molecule has 0 unspecified atom stereocenters. The van der Waals surface area contributed by atoms with Gasteiger partial charge in [-0.15, -0.1) is 11.3 Å². The molecule has 8 nitrogen and oxygen atoms in total. The summed E-state index contributed by atoms with van der Waals surface area (Å²) in [5.74, 6) is 3.41. The maximum Gasteiger partial charge on any atom is 0.228 e. The quantitative estimate of drug-likeness (QED) is 0.628. The van der Waals surface area contributed by atoms with Crippen molar-refractivity contribution in [2.24, 2.45) is 0 Å². The smallest absolute Gasteiger partial charge is 0.228 e. The van der Waals surface area contributed by atoms with Gasteiger partial charge in [0.05, 0.1) is 25.1 Å². The number of aromatic nitrogens is 4. The number of ether oxygens (including phenoxy) is 1. The Hall–Kier alpha value is -2.10. The Bertz CT molecular complexity index is 977. The predicted octanol–water partition coefficient (Wildman–Crippen LogP) is 3.30. The van der Waals surface area contributed by atoms with Gasteiger partial charge in [0, 0.05) is 36.9 Å². The van der Waals surface area contributed by atoms with Crippen molar-refractivity contribution in [1.29, 1.82) is 0 Å². The Morgan fingerprint density at radius 1 is 1.14 bits per heavy atom. The van der Waals surface area contributed by atoms with E-state index in [2.05, 4.69) is 48.1 Å². The first-order chi connectivity index (χ1) is 14.0. The summed E-state index contributed by atoms with van der Waals surface area (Å²) in [5, 5.41) is 8.64. The molecule has 9 heteroatoms. The van der Waals surface area contributed by atoms with Gasteiger partial charge >= 0.3 is 0 Å². The molecule has 3 aromatic heterocycles. The van der Waals surface area contributed by atoms with Crippen LogP contribution in [0.5, 0.6) is 0 Å². The molecule has 0 atom stereocenters. The van der Waals surface area contributed by atoms with Gasteiger partial charge in [-0.3, -0.25) is 4.90 Å². The normalized spacial score (nSPS) is 15.5. The van der Waals surface area contributed by atoms with Gasteiger partial charge in [-0.1, -0.05) is 19.0 Å². The van der Waals surface area contributed by atoms with Gasteiger partial charge in [0.1, 0.15) is 16.5 Å². The average molecular weight is 417 g/mol. The topological polar surface area (TPSA) is 89.2 Å². The summed E-state index contributed by atoms with van der Waals surface area (Å²) in [4.78, 5) is 18.8. The molecule has 156 valence electrons. The van der Waals surface area contributed by atoms with Crippen LogP contribution in [0.3, 0.4) is 0 Å². The van der Waals surface area contributed by atoms with Crippen molar-refractivity contribution in [2.75, 3.05) is 38.2 Å². The minimum atomic E-state index is 0.265. The molecule has 29 heavy (non-hydrogen) atoms. The second-order valence-electron chi connectivity index (χ2n) is 7.72. The Morgan fingerprint density at radius 2 is 1.93 bits per heavy atom. The van der Waals surface area contributed by atoms with Gasteiger partial charge in [0.15, 0.2) is 5.82 Å². The number of rotatable bonds is 7. The molecule has 1 aliphatic heterocycles. The first-order valence-electron chi connectivity index (χ1n) is 10.1. The monoisotopic (exact) mass is 416 g/mol. The van der Waals surface area contributed by atoms with E-state index in [9.17, 15) is 0 Å². The van der Waals surface area contributed by atoms with E-state index >= 15 is 0 Å². The fourth-order valence-electron chi connectivity index (χ4n) is 3.34. The zero-order valence-corrected chi connectivity index (χ0v) is 18.3. The standard InChI is InChI=1S/C20H28N6O2S/c1-12(2)18-24-16(28-25-18)5-6-21-19-17-13(3)14(4)29-20(17)23-15(22-19)11-26-7-9-27-10-8-26/h12H,5-11H2,1-4H3,(H,21,22,23). The molecule has 1 aliphatic rings. The molecule has 4 heterocycles. The minimum absolute atomic E-state index is 0.265. The molecule has 0 radical (unpaired) electrons. The van der Waals surface area contributed by atoms with E-state index in [4.69, 9.17) is 19.2 Å².